The van der Waals surface area contributed by atoms with Crippen LogP contribution in [-0.2, 0) is 16.5 Å². The Morgan fingerprint density at radius 3 is 2.30 bits per heavy atom. The van der Waals surface area contributed by atoms with Crippen molar-refractivity contribution >= 4 is 23.8 Å². The number of benzene rings is 1. The molecule has 1 N–H and O–H groups in total. The minimum atomic E-state index is -0.820. The Bertz CT molecular complexity index is 842. The molecule has 1 amide bonds. The smallest absolute Gasteiger partial charge is 0.462 e. The Labute approximate surface area is 156 Å². The Morgan fingerprint density at radius 2 is 1.70 bits per heavy atom. The van der Waals surface area contributed by atoms with Gasteiger partial charge in [0, 0.05) is 12.6 Å². The van der Waals surface area contributed by atoms with E-state index in [0.29, 0.717) is 11.3 Å². The van der Waals surface area contributed by atoms with Crippen LogP contribution < -0.4 is 10.1 Å². The van der Waals surface area contributed by atoms with Crippen molar-refractivity contribution in [2.45, 2.75) is 20.8 Å². The molecular weight excluding hydrogens is 354 g/mol. The van der Waals surface area contributed by atoms with Crippen LogP contribution in [0.2, 0.25) is 0 Å². The van der Waals surface area contributed by atoms with Gasteiger partial charge in [-0.1, -0.05) is 0 Å². The first-order valence-electron chi connectivity index (χ1n) is 8.34. The molecule has 1 aromatic heterocycles. The van der Waals surface area contributed by atoms with Crippen molar-refractivity contribution < 1.29 is 28.6 Å². The van der Waals surface area contributed by atoms with Gasteiger partial charge in [-0.05, 0) is 45.0 Å². The van der Waals surface area contributed by atoms with Gasteiger partial charge in [-0.3, -0.25) is 9.48 Å². The summed E-state index contributed by atoms with van der Waals surface area (Å²) in [4.78, 5) is 35.9. The summed E-state index contributed by atoms with van der Waals surface area (Å²) in [6.45, 7) is 5.43. The van der Waals surface area contributed by atoms with Crippen LogP contribution in [0.4, 0.5) is 10.6 Å². The van der Waals surface area contributed by atoms with Crippen LogP contribution in [-0.4, -0.2) is 41.0 Å². The molecule has 9 heteroatoms. The molecule has 0 saturated carbocycles. The standard InChI is InChI=1S/C18H21N3O6/c1-5-25-17(23)14-11(3)20-21(4)15(14)19-16(22)12-7-9-13(10-8-12)27-18(24)26-6-2/h7-10H,5-6H2,1-4H3,(H,19,22). The summed E-state index contributed by atoms with van der Waals surface area (Å²) in [7, 11) is 1.61. The molecule has 0 saturated heterocycles. The van der Waals surface area contributed by atoms with E-state index in [1.54, 1.807) is 27.8 Å². The highest BCUT2D eigenvalue weighted by Crippen LogP contribution is 2.21. The molecule has 0 aliphatic rings. The molecular formula is C18H21N3O6. The lowest BCUT2D eigenvalue weighted by Crippen LogP contribution is -2.18. The van der Waals surface area contributed by atoms with Crippen LogP contribution >= 0.6 is 0 Å². The molecule has 2 rings (SSSR count). The normalized spacial score (nSPS) is 10.2. The lowest BCUT2D eigenvalue weighted by atomic mass is 10.2. The van der Waals surface area contributed by atoms with Gasteiger partial charge >= 0.3 is 12.1 Å². The minimum absolute atomic E-state index is 0.201. The first kappa shape index (κ1) is 20.0. The zero-order valence-corrected chi connectivity index (χ0v) is 15.6. The first-order chi connectivity index (χ1) is 12.9. The van der Waals surface area contributed by atoms with Gasteiger partial charge in [-0.2, -0.15) is 5.10 Å². The third-order valence-electron chi connectivity index (χ3n) is 3.51. The van der Waals surface area contributed by atoms with Gasteiger partial charge in [0.1, 0.15) is 17.1 Å². The maximum atomic E-state index is 12.5. The summed E-state index contributed by atoms with van der Waals surface area (Å²) >= 11 is 0. The van der Waals surface area contributed by atoms with E-state index in [9.17, 15) is 14.4 Å². The van der Waals surface area contributed by atoms with Crippen molar-refractivity contribution in [1.29, 1.82) is 0 Å². The van der Waals surface area contributed by atoms with E-state index < -0.39 is 18.0 Å². The highest BCUT2D eigenvalue weighted by Gasteiger charge is 2.23. The van der Waals surface area contributed by atoms with Crippen molar-refractivity contribution in [2.75, 3.05) is 18.5 Å². The summed E-state index contributed by atoms with van der Waals surface area (Å²) in [5, 5.41) is 6.82. The predicted octanol–water partition coefficient (Wildman–Crippen LogP) is 2.69. The molecule has 0 aliphatic carbocycles. The second-order valence-electron chi connectivity index (χ2n) is 5.42. The summed E-state index contributed by atoms with van der Waals surface area (Å²) < 4.78 is 16.0. The quantitative estimate of drug-likeness (QED) is 0.611. The summed E-state index contributed by atoms with van der Waals surface area (Å²) in [6.07, 6.45) is -0.820. The summed E-state index contributed by atoms with van der Waals surface area (Å²) in [5.41, 5.74) is 0.958. The van der Waals surface area contributed by atoms with E-state index in [1.807, 2.05) is 0 Å². The van der Waals surface area contributed by atoms with Crippen LogP contribution in [0.3, 0.4) is 0 Å². The monoisotopic (exact) mass is 375 g/mol. The Hall–Kier alpha value is -3.36. The van der Waals surface area contributed by atoms with Crippen LogP contribution in [0.25, 0.3) is 0 Å². The molecule has 27 heavy (non-hydrogen) atoms. The van der Waals surface area contributed by atoms with E-state index in [2.05, 4.69) is 15.2 Å². The number of carbonyl (C=O) groups is 3. The molecule has 144 valence electrons. The van der Waals surface area contributed by atoms with Crippen molar-refractivity contribution in [3.8, 4) is 5.75 Å². The molecule has 0 spiro atoms. The third-order valence-corrected chi connectivity index (χ3v) is 3.51. The van der Waals surface area contributed by atoms with Gasteiger partial charge in [-0.25, -0.2) is 9.59 Å². The Kier molecular flexibility index (Phi) is 6.53. The molecule has 0 aliphatic heterocycles. The second kappa shape index (κ2) is 8.84. The number of carbonyl (C=O) groups excluding carboxylic acids is 3. The average molecular weight is 375 g/mol. The molecule has 1 aromatic carbocycles. The van der Waals surface area contributed by atoms with Gasteiger partial charge in [0.2, 0.25) is 0 Å². The molecule has 0 fully saturated rings. The first-order valence-corrected chi connectivity index (χ1v) is 8.34. The van der Waals surface area contributed by atoms with Crippen LogP contribution in [0, 0.1) is 6.92 Å². The fourth-order valence-electron chi connectivity index (χ4n) is 2.35. The maximum Gasteiger partial charge on any atom is 0.513 e. The zero-order valence-electron chi connectivity index (χ0n) is 15.6. The van der Waals surface area contributed by atoms with E-state index >= 15 is 0 Å². The fraction of sp³-hybridized carbons (Fsp3) is 0.333. The number of hydrogen-bond donors (Lipinski definition) is 1. The average Bonchev–Trinajstić information content (AvgIpc) is 2.89. The number of anilines is 1. The molecule has 0 radical (unpaired) electrons. The number of rotatable bonds is 6. The van der Waals surface area contributed by atoms with Crippen molar-refractivity contribution in [1.82, 2.24) is 9.78 Å². The summed E-state index contributed by atoms with van der Waals surface area (Å²) in [5.74, 6) is -0.529. The number of amides is 1. The van der Waals surface area contributed by atoms with E-state index in [1.165, 1.54) is 28.9 Å². The Morgan fingerprint density at radius 1 is 1.07 bits per heavy atom. The molecule has 9 nitrogen and oxygen atoms in total. The van der Waals surface area contributed by atoms with Crippen LogP contribution in [0.15, 0.2) is 24.3 Å². The second-order valence-corrected chi connectivity index (χ2v) is 5.42. The number of nitrogens with zero attached hydrogens (tertiary/aromatic N) is 2. The van der Waals surface area contributed by atoms with Crippen molar-refractivity contribution in [3.63, 3.8) is 0 Å². The van der Waals surface area contributed by atoms with Gasteiger partial charge in [0.25, 0.3) is 5.91 Å². The zero-order chi connectivity index (χ0) is 20.0. The topological polar surface area (TPSA) is 109 Å². The SMILES string of the molecule is CCOC(=O)Oc1ccc(C(=O)Nc2c(C(=O)OCC)c(C)nn2C)cc1. The lowest BCUT2D eigenvalue weighted by molar-refractivity contribution is 0.0526. The van der Waals surface area contributed by atoms with Gasteiger partial charge < -0.3 is 19.5 Å². The molecule has 0 unspecified atom stereocenters. The molecule has 0 atom stereocenters. The van der Waals surface area contributed by atoms with E-state index in [0.717, 1.165) is 0 Å². The minimum Gasteiger partial charge on any atom is -0.462 e. The maximum absolute atomic E-state index is 12.5. The van der Waals surface area contributed by atoms with Gasteiger partial charge in [0.15, 0.2) is 0 Å². The van der Waals surface area contributed by atoms with Crippen molar-refractivity contribution in [3.05, 3.63) is 41.1 Å². The highest BCUT2D eigenvalue weighted by atomic mass is 16.7. The van der Waals surface area contributed by atoms with Gasteiger partial charge in [-0.15, -0.1) is 0 Å². The van der Waals surface area contributed by atoms with E-state index in [-0.39, 0.29) is 30.3 Å². The number of aryl methyl sites for hydroxylation is 2. The molecule has 2 aromatic rings. The summed E-state index contributed by atoms with van der Waals surface area (Å²) in [6, 6.07) is 5.90. The van der Waals surface area contributed by atoms with Crippen LogP contribution in [0.1, 0.15) is 40.3 Å². The van der Waals surface area contributed by atoms with E-state index in [4.69, 9.17) is 9.47 Å². The fourth-order valence-corrected chi connectivity index (χ4v) is 2.35. The molecule has 0 bridgehead atoms. The van der Waals surface area contributed by atoms with Crippen LogP contribution in [0.5, 0.6) is 5.75 Å². The lowest BCUT2D eigenvalue weighted by Gasteiger charge is -2.09. The number of ether oxygens (including phenoxy) is 3. The number of esters is 1. The highest BCUT2D eigenvalue weighted by molar-refractivity contribution is 6.07. The number of hydrogen-bond acceptors (Lipinski definition) is 7. The van der Waals surface area contributed by atoms with Crippen molar-refractivity contribution in [2.24, 2.45) is 7.05 Å². The predicted molar refractivity (Wildman–Crippen MR) is 95.9 cm³/mol. The molecule has 1 heterocycles. The van der Waals surface area contributed by atoms with Gasteiger partial charge in [0.05, 0.1) is 18.9 Å². The largest absolute Gasteiger partial charge is 0.513 e. The number of aromatic nitrogens is 2. The Balaban J connectivity index is 2.16. The number of nitrogens with one attached hydrogen (secondary N) is 1. The third kappa shape index (κ3) is 4.84.